The molecule has 3 heteroatoms. The molecule has 0 aliphatic rings. The minimum atomic E-state index is 0.878. The molecule has 0 spiro atoms. The van der Waals surface area contributed by atoms with E-state index in [0.29, 0.717) is 0 Å². The number of hydrogen-bond acceptors (Lipinski definition) is 2. The molecule has 2 aromatic heterocycles. The lowest BCUT2D eigenvalue weighted by Crippen LogP contribution is -2.11. The molecule has 2 heterocycles. The van der Waals surface area contributed by atoms with E-state index in [-0.39, 0.29) is 0 Å². The van der Waals surface area contributed by atoms with Gasteiger partial charge in [-0.25, -0.2) is 0 Å². The molecule has 0 fully saturated rings. The van der Waals surface area contributed by atoms with Crippen LogP contribution in [0.2, 0.25) is 0 Å². The van der Waals surface area contributed by atoms with E-state index in [4.69, 9.17) is 4.42 Å². The zero-order valence-corrected chi connectivity index (χ0v) is 29.9. The first-order valence-corrected chi connectivity index (χ1v) is 18.8. The normalized spacial score (nSPS) is 11.6. The summed E-state index contributed by atoms with van der Waals surface area (Å²) in [5.74, 6) is 0. The minimum absolute atomic E-state index is 0.878. The lowest BCUT2D eigenvalue weighted by atomic mass is 9.99. The monoisotopic (exact) mass is 702 g/mol. The van der Waals surface area contributed by atoms with Crippen molar-refractivity contribution >= 4 is 71.6 Å². The average Bonchev–Trinajstić information content (AvgIpc) is 3.82. The number of fused-ring (bicyclic) bond motifs is 8. The summed E-state index contributed by atoms with van der Waals surface area (Å²) in [5.41, 5.74) is 13.2. The van der Waals surface area contributed by atoms with Crippen molar-refractivity contribution in [2.75, 3.05) is 4.90 Å². The third-order valence-electron chi connectivity index (χ3n) is 11.0. The van der Waals surface area contributed by atoms with Crippen LogP contribution in [0.1, 0.15) is 0 Å². The van der Waals surface area contributed by atoms with Crippen molar-refractivity contribution in [3.63, 3.8) is 0 Å². The fraction of sp³-hybridized carbons (Fsp3) is 0. The summed E-state index contributed by atoms with van der Waals surface area (Å²) in [6.07, 6.45) is 0. The third-order valence-corrected chi connectivity index (χ3v) is 11.0. The maximum Gasteiger partial charge on any atom is 0.145 e. The third kappa shape index (κ3) is 5.13. The van der Waals surface area contributed by atoms with Gasteiger partial charge in [0.1, 0.15) is 11.2 Å². The number of para-hydroxylation sites is 3. The maximum absolute atomic E-state index is 6.70. The molecule has 9 aromatic carbocycles. The van der Waals surface area contributed by atoms with Gasteiger partial charge >= 0.3 is 0 Å². The highest BCUT2D eigenvalue weighted by molar-refractivity contribution is 6.22. The van der Waals surface area contributed by atoms with Gasteiger partial charge in [0.05, 0.1) is 22.1 Å². The van der Waals surface area contributed by atoms with E-state index in [2.05, 4.69) is 210 Å². The van der Waals surface area contributed by atoms with E-state index in [9.17, 15) is 0 Å². The van der Waals surface area contributed by atoms with E-state index in [0.717, 1.165) is 55.5 Å². The summed E-state index contributed by atoms with van der Waals surface area (Å²) in [6.45, 7) is 0. The number of furan rings is 1. The quantitative estimate of drug-likeness (QED) is 0.172. The molecular formula is C52H34N2O. The van der Waals surface area contributed by atoms with Crippen LogP contribution in [0.15, 0.2) is 211 Å². The van der Waals surface area contributed by atoms with Crippen molar-refractivity contribution in [1.29, 1.82) is 0 Å². The molecule has 11 rings (SSSR count). The molecule has 55 heavy (non-hydrogen) atoms. The number of aromatic nitrogens is 1. The summed E-state index contributed by atoms with van der Waals surface area (Å²) >= 11 is 0. The Morgan fingerprint density at radius 3 is 1.62 bits per heavy atom. The largest absolute Gasteiger partial charge is 0.455 e. The van der Waals surface area contributed by atoms with Crippen LogP contribution in [0, 0.1) is 0 Å². The minimum Gasteiger partial charge on any atom is -0.455 e. The first-order chi connectivity index (χ1) is 27.3. The second-order valence-corrected chi connectivity index (χ2v) is 14.1. The number of nitrogens with zero attached hydrogens (tertiary/aromatic N) is 2. The van der Waals surface area contributed by atoms with Crippen molar-refractivity contribution in [2.45, 2.75) is 0 Å². The van der Waals surface area contributed by atoms with Crippen LogP contribution >= 0.6 is 0 Å². The van der Waals surface area contributed by atoms with Crippen molar-refractivity contribution in [3.8, 4) is 27.9 Å². The molecule has 258 valence electrons. The average molecular weight is 703 g/mol. The molecule has 0 radical (unpaired) electrons. The first kappa shape index (κ1) is 31.2. The van der Waals surface area contributed by atoms with Gasteiger partial charge in [0.25, 0.3) is 0 Å². The summed E-state index contributed by atoms with van der Waals surface area (Å²) in [5, 5.41) is 6.91. The Balaban J connectivity index is 1.12. The van der Waals surface area contributed by atoms with Crippen molar-refractivity contribution in [2.24, 2.45) is 0 Å². The summed E-state index contributed by atoms with van der Waals surface area (Å²) in [7, 11) is 0. The smallest absolute Gasteiger partial charge is 0.145 e. The van der Waals surface area contributed by atoms with Gasteiger partial charge in [0.15, 0.2) is 0 Å². The highest BCUT2D eigenvalue weighted by atomic mass is 16.3. The Kier molecular flexibility index (Phi) is 7.17. The fourth-order valence-electron chi connectivity index (χ4n) is 8.40. The summed E-state index contributed by atoms with van der Waals surface area (Å²) in [6, 6.07) is 73.9. The fourth-order valence-corrected chi connectivity index (χ4v) is 8.40. The predicted molar refractivity (Wildman–Crippen MR) is 231 cm³/mol. The number of rotatable bonds is 6. The number of anilines is 3. The van der Waals surface area contributed by atoms with Gasteiger partial charge < -0.3 is 13.9 Å². The van der Waals surface area contributed by atoms with Gasteiger partial charge in [-0.05, 0) is 82.2 Å². The Morgan fingerprint density at radius 2 is 0.927 bits per heavy atom. The molecule has 0 aliphatic carbocycles. The zero-order chi connectivity index (χ0) is 36.3. The molecule has 11 aromatic rings. The lowest BCUT2D eigenvalue weighted by molar-refractivity contribution is 0.672. The second kappa shape index (κ2) is 12.6. The highest BCUT2D eigenvalue weighted by Crippen LogP contribution is 2.46. The zero-order valence-electron chi connectivity index (χ0n) is 29.9. The first-order valence-electron chi connectivity index (χ1n) is 18.8. The van der Waals surface area contributed by atoms with E-state index < -0.39 is 0 Å². The highest BCUT2D eigenvalue weighted by Gasteiger charge is 2.23. The van der Waals surface area contributed by atoms with Gasteiger partial charge in [0.2, 0.25) is 0 Å². The van der Waals surface area contributed by atoms with Gasteiger partial charge in [-0.1, -0.05) is 152 Å². The van der Waals surface area contributed by atoms with Crippen LogP contribution in [0.4, 0.5) is 17.1 Å². The van der Waals surface area contributed by atoms with Crippen LogP contribution in [0.3, 0.4) is 0 Å². The van der Waals surface area contributed by atoms with Crippen LogP contribution in [-0.4, -0.2) is 4.57 Å². The van der Waals surface area contributed by atoms with Gasteiger partial charge in [-0.15, -0.1) is 0 Å². The Labute approximate surface area is 318 Å². The van der Waals surface area contributed by atoms with E-state index in [1.807, 2.05) is 6.07 Å². The van der Waals surface area contributed by atoms with E-state index in [1.165, 1.54) is 44.1 Å². The van der Waals surface area contributed by atoms with E-state index >= 15 is 0 Å². The van der Waals surface area contributed by atoms with Gasteiger partial charge in [-0.3, -0.25) is 0 Å². The van der Waals surface area contributed by atoms with E-state index in [1.54, 1.807) is 0 Å². The van der Waals surface area contributed by atoms with Crippen LogP contribution < -0.4 is 4.90 Å². The molecule has 0 unspecified atom stereocenters. The van der Waals surface area contributed by atoms with Crippen molar-refractivity contribution in [3.05, 3.63) is 206 Å². The second-order valence-electron chi connectivity index (χ2n) is 14.1. The molecule has 0 saturated carbocycles. The maximum atomic E-state index is 6.70. The summed E-state index contributed by atoms with van der Waals surface area (Å²) < 4.78 is 9.08. The Bertz CT molecular complexity index is 3140. The lowest BCUT2D eigenvalue weighted by Gasteiger charge is -2.27. The Hall–Kier alpha value is -7.36. The SMILES string of the molecule is c1ccc(-c2ccc(-c3ccc(N(c4cccc(-n5c6ccccc6c6ccccc65)c4)c4cc5ccccc5c5oc6ccccc6c45)cc3)cc2)cc1. The van der Waals surface area contributed by atoms with Crippen LogP contribution in [0.5, 0.6) is 0 Å². The molecular weight excluding hydrogens is 669 g/mol. The molecule has 0 saturated heterocycles. The molecule has 0 atom stereocenters. The molecule has 3 nitrogen and oxygen atoms in total. The van der Waals surface area contributed by atoms with Crippen LogP contribution in [-0.2, 0) is 0 Å². The van der Waals surface area contributed by atoms with Gasteiger partial charge in [0, 0.05) is 38.6 Å². The standard InChI is InChI=1S/C52H34N2O/c1-2-13-35(14-3-1)36-25-27-37(28-26-36)38-29-31-40(32-30-38)53(49-33-39-15-4-5-18-43(39)52-51(49)46-21-8-11-24-50(46)55-52)41-16-12-17-42(34-41)54-47-22-9-6-19-44(47)45-20-7-10-23-48(45)54/h1-34H. The van der Waals surface area contributed by atoms with Crippen molar-refractivity contribution < 1.29 is 4.42 Å². The molecule has 0 bridgehead atoms. The number of hydrogen-bond donors (Lipinski definition) is 0. The van der Waals surface area contributed by atoms with Crippen molar-refractivity contribution in [1.82, 2.24) is 4.57 Å². The van der Waals surface area contributed by atoms with Crippen LogP contribution in [0.25, 0.3) is 82.5 Å². The molecule has 0 aliphatic heterocycles. The molecule has 0 amide bonds. The topological polar surface area (TPSA) is 21.3 Å². The number of benzene rings is 9. The summed E-state index contributed by atoms with van der Waals surface area (Å²) in [4.78, 5) is 2.40. The predicted octanol–water partition coefficient (Wildman–Crippen LogP) is 14.6. The Morgan fingerprint density at radius 1 is 0.382 bits per heavy atom. The van der Waals surface area contributed by atoms with Gasteiger partial charge in [-0.2, -0.15) is 0 Å². The molecule has 0 N–H and O–H groups in total.